The van der Waals surface area contributed by atoms with E-state index in [9.17, 15) is 0 Å². The molecule has 0 amide bonds. The van der Waals surface area contributed by atoms with E-state index in [1.807, 2.05) is 13.2 Å². The zero-order valence-corrected chi connectivity index (χ0v) is 9.55. The molecule has 0 bridgehead atoms. The Labute approximate surface area is 86.9 Å². The van der Waals surface area contributed by atoms with Crippen LogP contribution < -0.4 is 5.32 Å². The van der Waals surface area contributed by atoms with Crippen LogP contribution in [-0.2, 0) is 6.42 Å². The highest BCUT2D eigenvalue weighted by molar-refractivity contribution is 14.1. The first-order chi connectivity index (χ1) is 5.79. The maximum absolute atomic E-state index is 4.26. The molecule has 0 radical (unpaired) electrons. The summed E-state index contributed by atoms with van der Waals surface area (Å²) in [6.45, 7) is 2.13. The van der Waals surface area contributed by atoms with Gasteiger partial charge in [-0.1, -0.05) is 22.6 Å². The van der Waals surface area contributed by atoms with E-state index >= 15 is 0 Å². The summed E-state index contributed by atoms with van der Waals surface area (Å²) in [5.74, 6) is 1.02. The maximum Gasteiger partial charge on any atom is 0.129 e. The summed E-state index contributed by atoms with van der Waals surface area (Å²) in [5, 5.41) is 3.11. The fourth-order valence-corrected chi connectivity index (χ4v) is 1.75. The number of hydrogen-bond donors (Lipinski definition) is 1. The van der Waals surface area contributed by atoms with E-state index in [1.165, 1.54) is 11.1 Å². The zero-order chi connectivity index (χ0) is 8.97. The van der Waals surface area contributed by atoms with Crippen LogP contribution in [0, 0.1) is 6.92 Å². The van der Waals surface area contributed by atoms with E-state index in [2.05, 4.69) is 45.9 Å². The Balaban J connectivity index is 3.02. The Bertz CT molecular complexity index is 261. The first kappa shape index (κ1) is 9.77. The first-order valence-electron chi connectivity index (χ1n) is 3.97. The number of hydrogen-bond acceptors (Lipinski definition) is 2. The molecule has 1 heterocycles. The number of nitrogens with one attached hydrogen (secondary N) is 1. The van der Waals surface area contributed by atoms with Crippen molar-refractivity contribution in [2.24, 2.45) is 0 Å². The summed E-state index contributed by atoms with van der Waals surface area (Å²) in [6, 6.07) is 2.06. The molecular formula is C9H13IN2. The number of pyridine rings is 1. The first-order valence-corrected chi connectivity index (χ1v) is 5.50. The molecule has 0 spiro atoms. The number of rotatable bonds is 3. The van der Waals surface area contributed by atoms with Crippen LogP contribution in [-0.4, -0.2) is 16.5 Å². The molecule has 0 fully saturated rings. The van der Waals surface area contributed by atoms with Gasteiger partial charge in [-0.15, -0.1) is 0 Å². The Morgan fingerprint density at radius 2 is 2.33 bits per heavy atom. The molecule has 1 rings (SSSR count). The normalized spacial score (nSPS) is 9.92. The maximum atomic E-state index is 4.26. The Morgan fingerprint density at radius 3 is 2.92 bits per heavy atom. The van der Waals surface area contributed by atoms with Crippen LogP contribution in [0.2, 0.25) is 0 Å². The van der Waals surface area contributed by atoms with Gasteiger partial charge in [-0.3, -0.25) is 0 Å². The molecule has 0 aliphatic rings. The molecule has 0 aliphatic carbocycles. The van der Waals surface area contributed by atoms with Crippen LogP contribution in [0.5, 0.6) is 0 Å². The second-order valence-corrected chi connectivity index (χ2v) is 3.72. The number of aromatic nitrogens is 1. The summed E-state index contributed by atoms with van der Waals surface area (Å²) >= 11 is 2.39. The highest BCUT2D eigenvalue weighted by Gasteiger charge is 2.03. The standard InChI is InChI=1S/C9H13IN2/c1-7-4-6-12-9(11-2)8(7)3-5-10/h4,6H,3,5H2,1-2H3,(H,11,12). The van der Waals surface area contributed by atoms with E-state index in [1.54, 1.807) is 0 Å². The van der Waals surface area contributed by atoms with Gasteiger partial charge in [0.25, 0.3) is 0 Å². The van der Waals surface area contributed by atoms with Crippen molar-refractivity contribution in [1.29, 1.82) is 0 Å². The van der Waals surface area contributed by atoms with Gasteiger partial charge in [0.2, 0.25) is 0 Å². The largest absolute Gasteiger partial charge is 0.373 e. The van der Waals surface area contributed by atoms with Crippen molar-refractivity contribution >= 4 is 28.4 Å². The summed E-state index contributed by atoms with van der Waals surface area (Å²) in [6.07, 6.45) is 2.94. The van der Waals surface area contributed by atoms with Crippen LogP contribution >= 0.6 is 22.6 Å². The molecular weight excluding hydrogens is 263 g/mol. The van der Waals surface area contributed by atoms with Gasteiger partial charge in [-0.2, -0.15) is 0 Å². The third-order valence-corrected chi connectivity index (χ3v) is 2.41. The minimum atomic E-state index is 1.02. The van der Waals surface area contributed by atoms with Crippen LogP contribution in [0.1, 0.15) is 11.1 Å². The van der Waals surface area contributed by atoms with Crippen LogP contribution in [0.25, 0.3) is 0 Å². The van der Waals surface area contributed by atoms with Gasteiger partial charge in [0.05, 0.1) is 0 Å². The molecule has 1 aromatic rings. The Morgan fingerprint density at radius 1 is 1.58 bits per heavy atom. The van der Waals surface area contributed by atoms with E-state index < -0.39 is 0 Å². The van der Waals surface area contributed by atoms with Gasteiger partial charge < -0.3 is 5.32 Å². The number of aryl methyl sites for hydroxylation is 1. The van der Waals surface area contributed by atoms with Crippen LogP contribution in [0.4, 0.5) is 5.82 Å². The summed E-state index contributed by atoms with van der Waals surface area (Å²) in [5.41, 5.74) is 2.67. The molecule has 12 heavy (non-hydrogen) atoms. The molecule has 0 saturated carbocycles. The third-order valence-electron chi connectivity index (χ3n) is 1.87. The summed E-state index contributed by atoms with van der Waals surface area (Å²) < 4.78 is 1.14. The fraction of sp³-hybridized carbons (Fsp3) is 0.444. The predicted molar refractivity (Wildman–Crippen MR) is 61.1 cm³/mol. The van der Waals surface area contributed by atoms with Crippen molar-refractivity contribution in [3.8, 4) is 0 Å². The van der Waals surface area contributed by atoms with Gasteiger partial charge in [0, 0.05) is 17.7 Å². The molecule has 3 heteroatoms. The Kier molecular flexibility index (Phi) is 3.78. The zero-order valence-electron chi connectivity index (χ0n) is 7.39. The Hall–Kier alpha value is -0.320. The monoisotopic (exact) mass is 276 g/mol. The quantitative estimate of drug-likeness (QED) is 0.677. The SMILES string of the molecule is CNc1nccc(C)c1CCI. The van der Waals surface area contributed by atoms with E-state index in [4.69, 9.17) is 0 Å². The fourth-order valence-electron chi connectivity index (χ4n) is 1.21. The smallest absolute Gasteiger partial charge is 0.129 e. The minimum Gasteiger partial charge on any atom is -0.373 e. The topological polar surface area (TPSA) is 24.9 Å². The van der Waals surface area contributed by atoms with E-state index in [-0.39, 0.29) is 0 Å². The molecule has 0 saturated heterocycles. The lowest BCUT2D eigenvalue weighted by Crippen LogP contribution is -2.01. The van der Waals surface area contributed by atoms with Gasteiger partial charge >= 0.3 is 0 Å². The molecule has 66 valence electrons. The molecule has 0 atom stereocenters. The highest BCUT2D eigenvalue weighted by Crippen LogP contribution is 2.17. The summed E-state index contributed by atoms with van der Waals surface area (Å²) in [4.78, 5) is 4.26. The van der Waals surface area contributed by atoms with Crippen molar-refractivity contribution in [3.05, 3.63) is 23.4 Å². The van der Waals surface area contributed by atoms with Crippen molar-refractivity contribution < 1.29 is 0 Å². The van der Waals surface area contributed by atoms with Gasteiger partial charge in [-0.05, 0) is 30.5 Å². The number of anilines is 1. The lowest BCUT2D eigenvalue weighted by atomic mass is 10.1. The summed E-state index contributed by atoms with van der Waals surface area (Å²) in [7, 11) is 1.92. The van der Waals surface area contributed by atoms with Crippen molar-refractivity contribution in [1.82, 2.24) is 4.98 Å². The van der Waals surface area contributed by atoms with Crippen molar-refractivity contribution in [2.75, 3.05) is 16.8 Å². The lowest BCUT2D eigenvalue weighted by molar-refractivity contribution is 1.09. The van der Waals surface area contributed by atoms with Gasteiger partial charge in [-0.25, -0.2) is 4.98 Å². The number of halogens is 1. The number of alkyl halides is 1. The van der Waals surface area contributed by atoms with Gasteiger partial charge in [0.15, 0.2) is 0 Å². The third kappa shape index (κ3) is 2.09. The average Bonchev–Trinajstić information content (AvgIpc) is 2.09. The lowest BCUT2D eigenvalue weighted by Gasteiger charge is -2.08. The van der Waals surface area contributed by atoms with E-state index in [0.717, 1.165) is 16.7 Å². The number of nitrogens with zero attached hydrogens (tertiary/aromatic N) is 1. The molecule has 0 aliphatic heterocycles. The molecule has 1 aromatic heterocycles. The average molecular weight is 276 g/mol. The van der Waals surface area contributed by atoms with Crippen molar-refractivity contribution in [2.45, 2.75) is 13.3 Å². The van der Waals surface area contributed by atoms with E-state index in [0.29, 0.717) is 0 Å². The predicted octanol–water partition coefficient (Wildman–Crippen LogP) is 2.41. The minimum absolute atomic E-state index is 1.02. The second-order valence-electron chi connectivity index (χ2n) is 2.64. The second kappa shape index (κ2) is 4.64. The van der Waals surface area contributed by atoms with Crippen molar-refractivity contribution in [3.63, 3.8) is 0 Å². The molecule has 0 unspecified atom stereocenters. The van der Waals surface area contributed by atoms with Crippen LogP contribution in [0.15, 0.2) is 12.3 Å². The van der Waals surface area contributed by atoms with Crippen LogP contribution in [0.3, 0.4) is 0 Å². The molecule has 1 N–H and O–H groups in total. The van der Waals surface area contributed by atoms with Gasteiger partial charge in [0.1, 0.15) is 5.82 Å². The molecule has 0 aromatic carbocycles. The molecule has 2 nitrogen and oxygen atoms in total. The highest BCUT2D eigenvalue weighted by atomic mass is 127.